The number of H-pyrrole nitrogens is 1. The maximum Gasteiger partial charge on any atom is 0.177 e. The predicted octanol–water partition coefficient (Wildman–Crippen LogP) is 2.20. The van der Waals surface area contributed by atoms with Gasteiger partial charge in [0.05, 0.1) is 5.52 Å². The van der Waals surface area contributed by atoms with Crippen molar-refractivity contribution in [1.29, 1.82) is 0 Å². The van der Waals surface area contributed by atoms with Crippen LogP contribution >= 0.6 is 0 Å². The van der Waals surface area contributed by atoms with E-state index in [0.717, 1.165) is 36.4 Å². The third-order valence-corrected chi connectivity index (χ3v) is 2.76. The van der Waals surface area contributed by atoms with Crippen LogP contribution in [0.3, 0.4) is 0 Å². The first-order chi connectivity index (χ1) is 7.43. The summed E-state index contributed by atoms with van der Waals surface area (Å²) in [6, 6.07) is 3.90. The Morgan fingerprint density at radius 3 is 3.20 bits per heavy atom. The van der Waals surface area contributed by atoms with Gasteiger partial charge in [-0.1, -0.05) is 0 Å². The number of imidazole rings is 1. The number of hydrogen-bond donors (Lipinski definition) is 1. The van der Waals surface area contributed by atoms with Crippen molar-refractivity contribution in [2.75, 3.05) is 6.61 Å². The van der Waals surface area contributed by atoms with Crippen molar-refractivity contribution in [2.45, 2.75) is 25.4 Å². The fraction of sp³-hybridized carbons (Fsp3) is 0.455. The molecule has 1 aliphatic heterocycles. The monoisotopic (exact) mass is 203 g/mol. The van der Waals surface area contributed by atoms with Crippen LogP contribution in [0, 0.1) is 0 Å². The Labute approximate surface area is 87.7 Å². The fourth-order valence-electron chi connectivity index (χ4n) is 1.97. The smallest absolute Gasteiger partial charge is 0.177 e. The van der Waals surface area contributed by atoms with Crippen LogP contribution in [-0.2, 0) is 4.74 Å². The maximum atomic E-state index is 5.67. The van der Waals surface area contributed by atoms with Crippen LogP contribution in [0.1, 0.15) is 31.2 Å². The van der Waals surface area contributed by atoms with Crippen LogP contribution in [-0.4, -0.2) is 21.6 Å². The molecule has 4 heteroatoms. The first kappa shape index (κ1) is 8.85. The highest BCUT2D eigenvalue weighted by atomic mass is 16.5. The molecule has 78 valence electrons. The van der Waals surface area contributed by atoms with E-state index in [-0.39, 0.29) is 6.10 Å². The SMILES string of the molecule is c1cnc2nc(C3CCCCO3)[nH]c2c1. The van der Waals surface area contributed by atoms with Crippen LogP contribution in [0.15, 0.2) is 18.3 Å². The molecule has 0 saturated carbocycles. The van der Waals surface area contributed by atoms with Crippen LogP contribution in [0.2, 0.25) is 0 Å². The predicted molar refractivity (Wildman–Crippen MR) is 56.4 cm³/mol. The van der Waals surface area contributed by atoms with Gasteiger partial charge in [-0.05, 0) is 31.4 Å². The normalized spacial score (nSPS) is 22.0. The van der Waals surface area contributed by atoms with Crippen molar-refractivity contribution in [3.05, 3.63) is 24.2 Å². The maximum absolute atomic E-state index is 5.67. The Hall–Kier alpha value is -1.42. The third-order valence-electron chi connectivity index (χ3n) is 2.76. The summed E-state index contributed by atoms with van der Waals surface area (Å²) in [6.07, 6.45) is 5.33. The topological polar surface area (TPSA) is 50.8 Å². The highest BCUT2D eigenvalue weighted by Gasteiger charge is 2.19. The van der Waals surface area contributed by atoms with E-state index in [0.29, 0.717) is 0 Å². The van der Waals surface area contributed by atoms with Crippen LogP contribution < -0.4 is 0 Å². The number of aromatic amines is 1. The molecule has 15 heavy (non-hydrogen) atoms. The van der Waals surface area contributed by atoms with Crippen LogP contribution in [0.4, 0.5) is 0 Å². The molecule has 1 unspecified atom stereocenters. The molecular weight excluding hydrogens is 190 g/mol. The highest BCUT2D eigenvalue weighted by Crippen LogP contribution is 2.26. The molecule has 0 aromatic carbocycles. The van der Waals surface area contributed by atoms with Crippen molar-refractivity contribution in [3.8, 4) is 0 Å². The Kier molecular flexibility index (Phi) is 2.14. The van der Waals surface area contributed by atoms with Gasteiger partial charge >= 0.3 is 0 Å². The Balaban J connectivity index is 1.96. The lowest BCUT2D eigenvalue weighted by molar-refractivity contribution is 0.0101. The molecule has 1 N–H and O–H groups in total. The van der Waals surface area contributed by atoms with Gasteiger partial charge in [0.1, 0.15) is 11.9 Å². The summed E-state index contributed by atoms with van der Waals surface area (Å²) in [7, 11) is 0. The first-order valence-corrected chi connectivity index (χ1v) is 5.36. The summed E-state index contributed by atoms with van der Waals surface area (Å²) >= 11 is 0. The van der Waals surface area contributed by atoms with Gasteiger partial charge in [0.2, 0.25) is 0 Å². The average molecular weight is 203 g/mol. The van der Waals surface area contributed by atoms with E-state index in [1.165, 1.54) is 6.42 Å². The minimum absolute atomic E-state index is 0.132. The van der Waals surface area contributed by atoms with Gasteiger partial charge in [-0.25, -0.2) is 9.97 Å². The number of nitrogens with one attached hydrogen (secondary N) is 1. The number of fused-ring (bicyclic) bond motifs is 1. The summed E-state index contributed by atoms with van der Waals surface area (Å²) < 4.78 is 5.67. The lowest BCUT2D eigenvalue weighted by atomic mass is 10.1. The minimum Gasteiger partial charge on any atom is -0.370 e. The molecule has 3 rings (SSSR count). The molecule has 3 heterocycles. The van der Waals surface area contributed by atoms with E-state index in [1.807, 2.05) is 12.1 Å². The van der Waals surface area contributed by atoms with Crippen LogP contribution in [0.25, 0.3) is 11.2 Å². The standard InChI is InChI=1S/C11H13N3O/c1-2-7-15-9(5-1)11-13-8-4-3-6-12-10(8)14-11/h3-4,6,9H,1-2,5,7H2,(H,12,13,14). The van der Waals surface area contributed by atoms with E-state index in [1.54, 1.807) is 6.20 Å². The number of rotatable bonds is 1. The van der Waals surface area contributed by atoms with Crippen molar-refractivity contribution >= 4 is 11.2 Å². The largest absolute Gasteiger partial charge is 0.370 e. The molecule has 1 saturated heterocycles. The van der Waals surface area contributed by atoms with E-state index in [2.05, 4.69) is 15.0 Å². The molecule has 0 bridgehead atoms. The molecular formula is C11H13N3O. The lowest BCUT2D eigenvalue weighted by Crippen LogP contribution is -2.12. The molecule has 2 aromatic rings. The lowest BCUT2D eigenvalue weighted by Gasteiger charge is -2.20. The quantitative estimate of drug-likeness (QED) is 0.773. The summed E-state index contributed by atoms with van der Waals surface area (Å²) in [6.45, 7) is 0.842. The highest BCUT2D eigenvalue weighted by molar-refractivity contribution is 5.69. The van der Waals surface area contributed by atoms with Gasteiger partial charge in [0.25, 0.3) is 0 Å². The molecule has 1 aliphatic rings. The Bertz CT molecular complexity index is 427. The van der Waals surface area contributed by atoms with Crippen LogP contribution in [0.5, 0.6) is 0 Å². The molecule has 0 radical (unpaired) electrons. The second-order valence-corrected chi connectivity index (χ2v) is 3.85. The Morgan fingerprint density at radius 2 is 2.40 bits per heavy atom. The average Bonchev–Trinajstić information content (AvgIpc) is 2.74. The summed E-state index contributed by atoms with van der Waals surface area (Å²) in [5.74, 6) is 0.920. The van der Waals surface area contributed by atoms with E-state index in [4.69, 9.17) is 4.74 Å². The van der Waals surface area contributed by atoms with Crippen molar-refractivity contribution < 1.29 is 4.74 Å². The molecule has 2 aromatic heterocycles. The second kappa shape index (κ2) is 3.62. The fourth-order valence-corrected chi connectivity index (χ4v) is 1.97. The van der Waals surface area contributed by atoms with Crippen molar-refractivity contribution in [1.82, 2.24) is 15.0 Å². The van der Waals surface area contributed by atoms with E-state index in [9.17, 15) is 0 Å². The summed E-state index contributed by atoms with van der Waals surface area (Å²) in [4.78, 5) is 11.9. The van der Waals surface area contributed by atoms with Crippen molar-refractivity contribution in [3.63, 3.8) is 0 Å². The number of ether oxygens (including phenoxy) is 1. The summed E-state index contributed by atoms with van der Waals surface area (Å²) in [5, 5.41) is 0. The van der Waals surface area contributed by atoms with Gasteiger partial charge in [0.15, 0.2) is 5.65 Å². The van der Waals surface area contributed by atoms with Gasteiger partial charge in [0, 0.05) is 12.8 Å². The molecule has 0 amide bonds. The second-order valence-electron chi connectivity index (χ2n) is 3.85. The number of aromatic nitrogens is 3. The third kappa shape index (κ3) is 1.61. The van der Waals surface area contributed by atoms with Crippen molar-refractivity contribution in [2.24, 2.45) is 0 Å². The first-order valence-electron chi connectivity index (χ1n) is 5.36. The van der Waals surface area contributed by atoms with Gasteiger partial charge in [-0.15, -0.1) is 0 Å². The molecule has 4 nitrogen and oxygen atoms in total. The van der Waals surface area contributed by atoms with Gasteiger partial charge < -0.3 is 9.72 Å². The number of nitrogens with zero attached hydrogens (tertiary/aromatic N) is 2. The zero-order chi connectivity index (χ0) is 10.1. The molecule has 0 aliphatic carbocycles. The Morgan fingerprint density at radius 1 is 1.40 bits per heavy atom. The minimum atomic E-state index is 0.132. The number of hydrogen-bond acceptors (Lipinski definition) is 3. The van der Waals surface area contributed by atoms with E-state index < -0.39 is 0 Å². The zero-order valence-corrected chi connectivity index (χ0v) is 8.44. The number of pyridine rings is 1. The van der Waals surface area contributed by atoms with E-state index >= 15 is 0 Å². The summed E-state index contributed by atoms with van der Waals surface area (Å²) in [5.41, 5.74) is 1.77. The molecule has 0 spiro atoms. The zero-order valence-electron chi connectivity index (χ0n) is 8.44. The molecule has 1 fully saturated rings. The van der Waals surface area contributed by atoms with Gasteiger partial charge in [-0.3, -0.25) is 0 Å². The molecule has 1 atom stereocenters. The van der Waals surface area contributed by atoms with Gasteiger partial charge in [-0.2, -0.15) is 0 Å².